The van der Waals surface area contributed by atoms with Gasteiger partial charge in [-0.1, -0.05) is 53.4 Å². The lowest BCUT2D eigenvalue weighted by Gasteiger charge is -2.27. The van der Waals surface area contributed by atoms with Gasteiger partial charge in [0.1, 0.15) is 0 Å². The lowest BCUT2D eigenvalue weighted by Crippen LogP contribution is -2.34. The molecule has 0 heterocycles. The molecule has 96 valence electrons. The predicted octanol–water partition coefficient (Wildman–Crippen LogP) is 4.23. The summed E-state index contributed by atoms with van der Waals surface area (Å²) in [6.07, 6.45) is 8.54. The molecule has 0 radical (unpaired) electrons. The zero-order valence-corrected chi connectivity index (χ0v) is 11.8. The van der Waals surface area contributed by atoms with Crippen LogP contribution in [0.15, 0.2) is 0 Å². The van der Waals surface area contributed by atoms with Gasteiger partial charge in [0, 0.05) is 6.04 Å². The maximum atomic E-state index is 3.73. The van der Waals surface area contributed by atoms with Crippen molar-refractivity contribution in [2.24, 2.45) is 17.8 Å². The molecule has 1 saturated carbocycles. The molecule has 1 nitrogen and oxygen atoms in total. The Bertz CT molecular complexity index is 168. The van der Waals surface area contributed by atoms with Crippen molar-refractivity contribution in [1.82, 2.24) is 5.32 Å². The second kappa shape index (κ2) is 7.32. The molecule has 1 aliphatic carbocycles. The summed E-state index contributed by atoms with van der Waals surface area (Å²) in [5.41, 5.74) is 0. The Balaban J connectivity index is 2.10. The van der Waals surface area contributed by atoms with Gasteiger partial charge in [0.2, 0.25) is 0 Å². The smallest absolute Gasteiger partial charge is 0.00874 e. The fourth-order valence-corrected chi connectivity index (χ4v) is 2.94. The van der Waals surface area contributed by atoms with E-state index in [9.17, 15) is 0 Å². The monoisotopic (exact) mass is 225 g/mol. The topological polar surface area (TPSA) is 12.0 Å². The van der Waals surface area contributed by atoms with Crippen LogP contribution in [0.5, 0.6) is 0 Å². The van der Waals surface area contributed by atoms with E-state index >= 15 is 0 Å². The van der Waals surface area contributed by atoms with Gasteiger partial charge in [-0.3, -0.25) is 0 Å². The summed E-state index contributed by atoms with van der Waals surface area (Å²) < 4.78 is 0. The standard InChI is InChI=1S/C15H31N/c1-5-15(12(2)3)16-11-10-14-8-6-13(4)7-9-14/h12-16H,5-11H2,1-4H3. The van der Waals surface area contributed by atoms with Crippen LogP contribution in [0.4, 0.5) is 0 Å². The average molecular weight is 225 g/mol. The summed E-state index contributed by atoms with van der Waals surface area (Å²) in [5.74, 6) is 2.77. The molecule has 1 rings (SSSR count). The van der Waals surface area contributed by atoms with E-state index in [1.54, 1.807) is 0 Å². The number of hydrogen-bond acceptors (Lipinski definition) is 1. The Kier molecular flexibility index (Phi) is 6.41. The van der Waals surface area contributed by atoms with Crippen molar-refractivity contribution in [1.29, 1.82) is 0 Å². The third-order valence-electron chi connectivity index (χ3n) is 4.34. The van der Waals surface area contributed by atoms with Crippen molar-refractivity contribution in [2.75, 3.05) is 6.54 Å². The Morgan fingerprint density at radius 3 is 2.25 bits per heavy atom. The van der Waals surface area contributed by atoms with E-state index in [0.717, 1.165) is 23.8 Å². The Morgan fingerprint density at radius 2 is 1.75 bits per heavy atom. The van der Waals surface area contributed by atoms with Crippen LogP contribution in [0.3, 0.4) is 0 Å². The third-order valence-corrected chi connectivity index (χ3v) is 4.34. The molecule has 0 amide bonds. The Morgan fingerprint density at radius 1 is 1.12 bits per heavy atom. The summed E-state index contributed by atoms with van der Waals surface area (Å²) in [6, 6.07) is 0.725. The SMILES string of the molecule is CCC(NCCC1CCC(C)CC1)C(C)C. The molecule has 1 aliphatic rings. The lowest BCUT2D eigenvalue weighted by molar-refractivity contribution is 0.267. The van der Waals surface area contributed by atoms with Gasteiger partial charge >= 0.3 is 0 Å². The minimum absolute atomic E-state index is 0.725. The van der Waals surface area contributed by atoms with Crippen LogP contribution in [0.25, 0.3) is 0 Å². The van der Waals surface area contributed by atoms with Crippen molar-refractivity contribution < 1.29 is 0 Å². The molecule has 1 fully saturated rings. The normalized spacial score (nSPS) is 28.3. The third kappa shape index (κ3) is 4.86. The van der Waals surface area contributed by atoms with Crippen molar-refractivity contribution in [2.45, 2.75) is 72.3 Å². The minimum Gasteiger partial charge on any atom is -0.314 e. The molecule has 0 aromatic heterocycles. The van der Waals surface area contributed by atoms with Gasteiger partial charge in [0.25, 0.3) is 0 Å². The maximum Gasteiger partial charge on any atom is 0.00874 e. The number of hydrogen-bond donors (Lipinski definition) is 1. The summed E-state index contributed by atoms with van der Waals surface area (Å²) in [6.45, 7) is 10.6. The van der Waals surface area contributed by atoms with Crippen LogP contribution >= 0.6 is 0 Å². The number of rotatable bonds is 6. The van der Waals surface area contributed by atoms with Gasteiger partial charge in [0.05, 0.1) is 0 Å². The summed E-state index contributed by atoms with van der Waals surface area (Å²) >= 11 is 0. The average Bonchev–Trinajstić information content (AvgIpc) is 2.26. The highest BCUT2D eigenvalue weighted by molar-refractivity contribution is 4.73. The van der Waals surface area contributed by atoms with Crippen molar-refractivity contribution >= 4 is 0 Å². The first-order valence-electron chi connectivity index (χ1n) is 7.36. The van der Waals surface area contributed by atoms with Crippen LogP contribution in [-0.2, 0) is 0 Å². The highest BCUT2D eigenvalue weighted by Crippen LogP contribution is 2.29. The van der Waals surface area contributed by atoms with E-state index in [2.05, 4.69) is 33.0 Å². The van der Waals surface area contributed by atoms with Crippen molar-refractivity contribution in [3.05, 3.63) is 0 Å². The van der Waals surface area contributed by atoms with E-state index < -0.39 is 0 Å². The zero-order chi connectivity index (χ0) is 12.0. The molecule has 1 heteroatoms. The first-order valence-corrected chi connectivity index (χ1v) is 7.36. The fraction of sp³-hybridized carbons (Fsp3) is 1.00. The van der Waals surface area contributed by atoms with E-state index in [-0.39, 0.29) is 0 Å². The van der Waals surface area contributed by atoms with Crippen LogP contribution in [0.2, 0.25) is 0 Å². The van der Waals surface area contributed by atoms with Crippen molar-refractivity contribution in [3.8, 4) is 0 Å². The molecule has 0 saturated heterocycles. The molecule has 1 atom stereocenters. The van der Waals surface area contributed by atoms with Crippen LogP contribution < -0.4 is 5.32 Å². The molecule has 1 N–H and O–H groups in total. The first kappa shape index (κ1) is 14.0. The van der Waals surface area contributed by atoms with E-state index in [1.165, 1.54) is 45.1 Å². The molecule has 0 aliphatic heterocycles. The molecule has 0 aromatic carbocycles. The van der Waals surface area contributed by atoms with Gasteiger partial charge in [-0.15, -0.1) is 0 Å². The summed E-state index contributed by atoms with van der Waals surface area (Å²) in [7, 11) is 0. The second-order valence-electron chi connectivity index (χ2n) is 6.13. The highest BCUT2D eigenvalue weighted by atomic mass is 14.9. The largest absolute Gasteiger partial charge is 0.314 e. The first-order chi connectivity index (χ1) is 7.63. The molecule has 16 heavy (non-hydrogen) atoms. The van der Waals surface area contributed by atoms with E-state index in [0.29, 0.717) is 0 Å². The molecular formula is C15H31N. The van der Waals surface area contributed by atoms with E-state index in [1.807, 2.05) is 0 Å². The second-order valence-corrected chi connectivity index (χ2v) is 6.13. The predicted molar refractivity (Wildman–Crippen MR) is 72.7 cm³/mol. The molecular weight excluding hydrogens is 194 g/mol. The summed E-state index contributed by atoms with van der Waals surface area (Å²) in [4.78, 5) is 0. The lowest BCUT2D eigenvalue weighted by atomic mass is 9.81. The minimum atomic E-state index is 0.725. The molecule has 0 aromatic rings. The fourth-order valence-electron chi connectivity index (χ4n) is 2.94. The molecule has 0 bridgehead atoms. The summed E-state index contributed by atoms with van der Waals surface area (Å²) in [5, 5.41) is 3.73. The maximum absolute atomic E-state index is 3.73. The quantitative estimate of drug-likeness (QED) is 0.713. The van der Waals surface area contributed by atoms with Crippen LogP contribution in [0.1, 0.15) is 66.2 Å². The highest BCUT2D eigenvalue weighted by Gasteiger charge is 2.18. The molecule has 0 spiro atoms. The Hall–Kier alpha value is -0.0400. The zero-order valence-electron chi connectivity index (χ0n) is 11.8. The van der Waals surface area contributed by atoms with Crippen molar-refractivity contribution in [3.63, 3.8) is 0 Å². The molecule has 1 unspecified atom stereocenters. The number of nitrogens with one attached hydrogen (secondary N) is 1. The van der Waals surface area contributed by atoms with Gasteiger partial charge in [-0.2, -0.15) is 0 Å². The Labute approximate surface area is 102 Å². The van der Waals surface area contributed by atoms with Gasteiger partial charge in [-0.25, -0.2) is 0 Å². The van der Waals surface area contributed by atoms with Gasteiger partial charge in [-0.05, 0) is 37.1 Å². The van der Waals surface area contributed by atoms with E-state index in [4.69, 9.17) is 0 Å². The van der Waals surface area contributed by atoms with Gasteiger partial charge < -0.3 is 5.32 Å². The van der Waals surface area contributed by atoms with Crippen LogP contribution in [0, 0.1) is 17.8 Å². The van der Waals surface area contributed by atoms with Gasteiger partial charge in [0.15, 0.2) is 0 Å². The van der Waals surface area contributed by atoms with Crippen LogP contribution in [-0.4, -0.2) is 12.6 Å².